The van der Waals surface area contributed by atoms with Gasteiger partial charge < -0.3 is 15.8 Å². The number of hydrogen-bond donors (Lipinski definition) is 3. The predicted octanol–water partition coefficient (Wildman–Crippen LogP) is -2.37. The van der Waals surface area contributed by atoms with Crippen molar-refractivity contribution in [1.82, 2.24) is 15.5 Å². The Morgan fingerprint density at radius 2 is 2.24 bits per heavy atom. The van der Waals surface area contributed by atoms with Crippen LogP contribution in [0.1, 0.15) is 0 Å². The maximum Gasteiger partial charge on any atom is 0.413 e. The van der Waals surface area contributed by atoms with Crippen LogP contribution in [-0.2, 0) is 14.3 Å². The highest BCUT2D eigenvalue weighted by Crippen LogP contribution is 2.01. The SMILES string of the molecule is COC(=O)NC(=O)CN1CCNCC1C(N)=O. The molecule has 1 fully saturated rings. The number of nitrogens with one attached hydrogen (secondary N) is 2. The third-order valence-electron chi connectivity index (χ3n) is 2.46. The number of nitrogens with two attached hydrogens (primary N) is 1. The van der Waals surface area contributed by atoms with E-state index in [1.54, 1.807) is 4.90 Å². The second-order valence-electron chi connectivity index (χ2n) is 3.63. The van der Waals surface area contributed by atoms with E-state index in [2.05, 4.69) is 10.1 Å². The Balaban J connectivity index is 2.50. The van der Waals surface area contributed by atoms with Crippen LogP contribution in [0.15, 0.2) is 0 Å². The average Bonchev–Trinajstić information content (AvgIpc) is 2.29. The molecule has 17 heavy (non-hydrogen) atoms. The smallest absolute Gasteiger partial charge is 0.413 e. The summed E-state index contributed by atoms with van der Waals surface area (Å²) < 4.78 is 4.29. The minimum Gasteiger partial charge on any atom is -0.453 e. The molecule has 4 N–H and O–H groups in total. The van der Waals surface area contributed by atoms with E-state index in [4.69, 9.17) is 5.73 Å². The summed E-state index contributed by atoms with van der Waals surface area (Å²) in [6.07, 6.45) is -0.819. The molecule has 0 aliphatic carbocycles. The van der Waals surface area contributed by atoms with E-state index in [-0.39, 0.29) is 6.54 Å². The number of alkyl carbamates (subject to hydrolysis) is 1. The molecule has 3 amide bonds. The minimum atomic E-state index is -0.819. The lowest BCUT2D eigenvalue weighted by Crippen LogP contribution is -2.59. The average molecular weight is 244 g/mol. The van der Waals surface area contributed by atoms with Gasteiger partial charge in [-0.25, -0.2) is 4.79 Å². The molecule has 0 aromatic carbocycles. The van der Waals surface area contributed by atoms with Crippen molar-refractivity contribution in [1.29, 1.82) is 0 Å². The molecular formula is C9H16N4O4. The van der Waals surface area contributed by atoms with Gasteiger partial charge in [-0.3, -0.25) is 19.8 Å². The number of carbonyl (C=O) groups excluding carboxylic acids is 3. The molecule has 0 saturated carbocycles. The number of primary amides is 1. The van der Waals surface area contributed by atoms with Crippen molar-refractivity contribution >= 4 is 17.9 Å². The second kappa shape index (κ2) is 6.16. The zero-order valence-electron chi connectivity index (χ0n) is 9.56. The van der Waals surface area contributed by atoms with Gasteiger partial charge in [-0.2, -0.15) is 0 Å². The third kappa shape index (κ3) is 4.00. The van der Waals surface area contributed by atoms with E-state index >= 15 is 0 Å². The molecule has 0 spiro atoms. The Labute approximate surface area is 98.5 Å². The molecule has 8 heteroatoms. The molecule has 1 unspecified atom stereocenters. The van der Waals surface area contributed by atoms with Crippen LogP contribution in [-0.4, -0.2) is 62.1 Å². The highest BCUT2D eigenvalue weighted by Gasteiger charge is 2.28. The Bertz CT molecular complexity index is 320. The van der Waals surface area contributed by atoms with Crippen molar-refractivity contribution < 1.29 is 19.1 Å². The number of hydrogen-bond acceptors (Lipinski definition) is 6. The van der Waals surface area contributed by atoms with Crippen molar-refractivity contribution in [3.8, 4) is 0 Å². The first kappa shape index (κ1) is 13.4. The quantitative estimate of drug-likeness (QED) is 0.511. The summed E-state index contributed by atoms with van der Waals surface area (Å²) in [7, 11) is 1.17. The number of nitrogens with zero attached hydrogens (tertiary/aromatic N) is 1. The predicted molar refractivity (Wildman–Crippen MR) is 58.0 cm³/mol. The van der Waals surface area contributed by atoms with Gasteiger partial charge in [-0.15, -0.1) is 0 Å². The van der Waals surface area contributed by atoms with E-state index in [0.717, 1.165) is 0 Å². The maximum absolute atomic E-state index is 11.4. The lowest BCUT2D eigenvalue weighted by molar-refractivity contribution is -0.127. The van der Waals surface area contributed by atoms with E-state index in [1.807, 2.05) is 5.32 Å². The first-order chi connectivity index (χ1) is 8.04. The number of carbonyl (C=O) groups is 3. The van der Waals surface area contributed by atoms with Gasteiger partial charge in [0.2, 0.25) is 11.8 Å². The fourth-order valence-corrected chi connectivity index (χ4v) is 1.61. The van der Waals surface area contributed by atoms with Gasteiger partial charge >= 0.3 is 6.09 Å². The van der Waals surface area contributed by atoms with E-state index in [9.17, 15) is 14.4 Å². The summed E-state index contributed by atoms with van der Waals surface area (Å²) in [6.45, 7) is 1.52. The monoisotopic (exact) mass is 244 g/mol. The zero-order valence-corrected chi connectivity index (χ0v) is 9.56. The summed E-state index contributed by atoms with van der Waals surface area (Å²) in [5.41, 5.74) is 5.22. The van der Waals surface area contributed by atoms with Gasteiger partial charge in [0.15, 0.2) is 0 Å². The number of amides is 3. The Hall–Kier alpha value is -1.67. The van der Waals surface area contributed by atoms with E-state index in [0.29, 0.717) is 19.6 Å². The Morgan fingerprint density at radius 3 is 2.82 bits per heavy atom. The van der Waals surface area contributed by atoms with Crippen LogP contribution in [0.4, 0.5) is 4.79 Å². The van der Waals surface area contributed by atoms with E-state index < -0.39 is 23.9 Å². The first-order valence-corrected chi connectivity index (χ1v) is 5.16. The topological polar surface area (TPSA) is 114 Å². The maximum atomic E-state index is 11.4. The van der Waals surface area contributed by atoms with Crippen molar-refractivity contribution in [2.24, 2.45) is 5.73 Å². The molecule has 1 saturated heterocycles. The van der Waals surface area contributed by atoms with Crippen LogP contribution in [0, 0.1) is 0 Å². The molecule has 0 radical (unpaired) electrons. The molecule has 1 aliphatic rings. The summed E-state index contributed by atoms with van der Waals surface area (Å²) in [4.78, 5) is 35.0. The number of imide groups is 1. The fourth-order valence-electron chi connectivity index (χ4n) is 1.61. The van der Waals surface area contributed by atoms with Crippen LogP contribution in [0.2, 0.25) is 0 Å². The number of piperazine rings is 1. The van der Waals surface area contributed by atoms with Gasteiger partial charge in [-0.05, 0) is 0 Å². The lowest BCUT2D eigenvalue weighted by Gasteiger charge is -2.33. The lowest BCUT2D eigenvalue weighted by atomic mass is 10.2. The molecule has 0 aromatic rings. The van der Waals surface area contributed by atoms with Gasteiger partial charge in [0.25, 0.3) is 0 Å². The highest BCUT2D eigenvalue weighted by molar-refractivity contribution is 5.93. The van der Waals surface area contributed by atoms with Crippen molar-refractivity contribution in [2.75, 3.05) is 33.3 Å². The summed E-state index contributed by atoms with van der Waals surface area (Å²) in [5.74, 6) is -1.02. The molecule has 1 aliphatic heterocycles. The van der Waals surface area contributed by atoms with Gasteiger partial charge in [0.1, 0.15) is 6.04 Å². The van der Waals surface area contributed by atoms with Gasteiger partial charge in [-0.1, -0.05) is 0 Å². The van der Waals surface area contributed by atoms with Crippen molar-refractivity contribution in [3.05, 3.63) is 0 Å². The molecule has 1 rings (SSSR count). The van der Waals surface area contributed by atoms with Crippen LogP contribution >= 0.6 is 0 Å². The van der Waals surface area contributed by atoms with Crippen LogP contribution < -0.4 is 16.4 Å². The van der Waals surface area contributed by atoms with Crippen LogP contribution in [0.25, 0.3) is 0 Å². The summed E-state index contributed by atoms with van der Waals surface area (Å²) in [6, 6.07) is -0.535. The number of ether oxygens (including phenoxy) is 1. The minimum absolute atomic E-state index is 0.0651. The third-order valence-corrected chi connectivity index (χ3v) is 2.46. The summed E-state index contributed by atoms with van der Waals surface area (Å²) in [5, 5.41) is 5.03. The zero-order chi connectivity index (χ0) is 12.8. The molecular weight excluding hydrogens is 228 g/mol. The molecule has 0 bridgehead atoms. The van der Waals surface area contributed by atoms with Gasteiger partial charge in [0, 0.05) is 19.6 Å². The Kier molecular flexibility index (Phi) is 4.85. The van der Waals surface area contributed by atoms with Crippen molar-refractivity contribution in [2.45, 2.75) is 6.04 Å². The second-order valence-corrected chi connectivity index (χ2v) is 3.63. The largest absolute Gasteiger partial charge is 0.453 e. The number of rotatable bonds is 3. The van der Waals surface area contributed by atoms with Crippen LogP contribution in [0.3, 0.4) is 0 Å². The fraction of sp³-hybridized carbons (Fsp3) is 0.667. The highest BCUT2D eigenvalue weighted by atomic mass is 16.5. The molecule has 1 heterocycles. The number of methoxy groups -OCH3 is 1. The summed E-state index contributed by atoms with van der Waals surface area (Å²) >= 11 is 0. The van der Waals surface area contributed by atoms with Gasteiger partial charge in [0.05, 0.1) is 13.7 Å². The Morgan fingerprint density at radius 1 is 1.53 bits per heavy atom. The molecule has 1 atom stereocenters. The molecule has 96 valence electrons. The van der Waals surface area contributed by atoms with E-state index in [1.165, 1.54) is 7.11 Å². The molecule has 0 aromatic heterocycles. The molecule has 8 nitrogen and oxygen atoms in total. The first-order valence-electron chi connectivity index (χ1n) is 5.16. The van der Waals surface area contributed by atoms with Crippen LogP contribution in [0.5, 0.6) is 0 Å². The normalized spacial score (nSPS) is 20.6. The standard InChI is InChI=1S/C9H16N4O4/c1-17-9(16)12-7(14)5-13-3-2-11-4-6(13)8(10)15/h6,11H,2-5H2,1H3,(H2,10,15)(H,12,14,16). The van der Waals surface area contributed by atoms with Crippen molar-refractivity contribution in [3.63, 3.8) is 0 Å².